The number of rotatable bonds is 5. The second kappa shape index (κ2) is 7.24. The van der Waals surface area contributed by atoms with E-state index in [-0.39, 0.29) is 35.1 Å². The number of allylic oxidation sites excluding steroid dienone is 2. The molecule has 0 radical (unpaired) electrons. The predicted molar refractivity (Wildman–Crippen MR) is 98.0 cm³/mol. The van der Waals surface area contributed by atoms with Crippen molar-refractivity contribution in [2.75, 3.05) is 26.0 Å². The molecule has 0 unspecified atom stereocenters. The van der Waals surface area contributed by atoms with Crippen LogP contribution in [0.5, 0.6) is 0 Å². The molecule has 1 aromatic carbocycles. The molecule has 1 aliphatic carbocycles. The molecule has 1 heterocycles. The molecule has 1 aliphatic heterocycles. The summed E-state index contributed by atoms with van der Waals surface area (Å²) in [6.07, 6.45) is 4.82. The number of amides is 3. The van der Waals surface area contributed by atoms with Gasteiger partial charge in [-0.05, 0) is 37.1 Å². The van der Waals surface area contributed by atoms with Crippen molar-refractivity contribution in [2.24, 2.45) is 11.8 Å². The number of carbonyl (C=O) groups excluding carboxylic acids is 3. The van der Waals surface area contributed by atoms with E-state index in [0.29, 0.717) is 18.5 Å². The summed E-state index contributed by atoms with van der Waals surface area (Å²) in [5.74, 6) is -1.86. The number of anilines is 1. The van der Waals surface area contributed by atoms with Gasteiger partial charge in [0, 0.05) is 19.8 Å². The minimum atomic E-state index is -3.55. The van der Waals surface area contributed by atoms with Crippen molar-refractivity contribution in [1.29, 1.82) is 0 Å². The summed E-state index contributed by atoms with van der Waals surface area (Å²) in [7, 11) is -0.685. The maximum Gasteiger partial charge on any atom is 0.244 e. The Hall–Kier alpha value is -2.52. The van der Waals surface area contributed by atoms with Crippen molar-refractivity contribution in [3.05, 3.63) is 36.4 Å². The molecule has 9 heteroatoms. The van der Waals surface area contributed by atoms with Crippen LogP contribution in [0.4, 0.5) is 5.69 Å². The fourth-order valence-electron chi connectivity index (χ4n) is 3.29. The highest BCUT2D eigenvalue weighted by atomic mass is 32.2. The first kappa shape index (κ1) is 19.2. The highest BCUT2D eigenvalue weighted by molar-refractivity contribution is 7.89. The largest absolute Gasteiger partial charge is 0.325 e. The molecule has 144 valence electrons. The van der Waals surface area contributed by atoms with Gasteiger partial charge in [0.15, 0.2) is 0 Å². The summed E-state index contributed by atoms with van der Waals surface area (Å²) in [4.78, 5) is 38.1. The Morgan fingerprint density at radius 3 is 2.07 bits per heavy atom. The lowest BCUT2D eigenvalue weighted by Gasteiger charge is -2.15. The van der Waals surface area contributed by atoms with Gasteiger partial charge in [-0.15, -0.1) is 0 Å². The Morgan fingerprint density at radius 2 is 1.59 bits per heavy atom. The SMILES string of the molecule is CN(C)S(=O)(=O)c1ccc(NC(=O)CN2C(=O)[C@H]3CC=CC[C@H]3C2=O)cc1. The summed E-state index contributed by atoms with van der Waals surface area (Å²) in [6.45, 7) is -0.345. The predicted octanol–water partition coefficient (Wildman–Crippen LogP) is 0.827. The molecule has 1 aromatic rings. The third-order valence-electron chi connectivity index (χ3n) is 4.82. The Labute approximate surface area is 157 Å². The zero-order valence-corrected chi connectivity index (χ0v) is 15.9. The molecule has 8 nitrogen and oxygen atoms in total. The lowest BCUT2D eigenvalue weighted by molar-refractivity contribution is -0.142. The molecule has 2 atom stereocenters. The fraction of sp³-hybridized carbons (Fsp3) is 0.389. The van der Waals surface area contributed by atoms with Crippen molar-refractivity contribution in [1.82, 2.24) is 9.21 Å². The standard InChI is InChI=1S/C18H21N3O5S/c1-20(2)27(25,26)13-9-7-12(8-10-13)19-16(22)11-21-17(23)14-5-3-4-6-15(14)18(21)24/h3-4,7-10,14-15H,5-6,11H2,1-2H3,(H,19,22)/t14-,15+. The Morgan fingerprint density at radius 1 is 1.07 bits per heavy atom. The van der Waals surface area contributed by atoms with Crippen LogP contribution >= 0.6 is 0 Å². The minimum absolute atomic E-state index is 0.104. The van der Waals surface area contributed by atoms with Crippen LogP contribution < -0.4 is 5.32 Å². The number of nitrogens with one attached hydrogen (secondary N) is 1. The highest BCUT2D eigenvalue weighted by Crippen LogP contribution is 2.34. The molecule has 2 aliphatic rings. The minimum Gasteiger partial charge on any atom is -0.325 e. The number of fused-ring (bicyclic) bond motifs is 1. The number of sulfonamides is 1. The number of nitrogens with zero attached hydrogens (tertiary/aromatic N) is 2. The van der Waals surface area contributed by atoms with E-state index in [1.54, 1.807) is 0 Å². The van der Waals surface area contributed by atoms with Crippen LogP contribution in [0.1, 0.15) is 12.8 Å². The molecule has 27 heavy (non-hydrogen) atoms. The molecule has 3 rings (SSSR count). The summed E-state index contributed by atoms with van der Waals surface area (Å²) in [5.41, 5.74) is 0.385. The van der Waals surface area contributed by atoms with Gasteiger partial charge in [-0.1, -0.05) is 12.2 Å². The first-order valence-corrected chi connectivity index (χ1v) is 9.98. The van der Waals surface area contributed by atoms with Crippen molar-refractivity contribution in [2.45, 2.75) is 17.7 Å². The average molecular weight is 391 g/mol. The third-order valence-corrected chi connectivity index (χ3v) is 6.65. The van der Waals surface area contributed by atoms with Gasteiger partial charge < -0.3 is 5.32 Å². The van der Waals surface area contributed by atoms with Gasteiger partial charge in [0.1, 0.15) is 6.54 Å². The number of benzene rings is 1. The smallest absolute Gasteiger partial charge is 0.244 e. The molecule has 0 bridgehead atoms. The van der Waals surface area contributed by atoms with Crippen molar-refractivity contribution in [3.8, 4) is 0 Å². The zero-order chi connectivity index (χ0) is 19.8. The molecule has 0 saturated carbocycles. The molecular weight excluding hydrogens is 370 g/mol. The van der Waals surface area contributed by atoms with Crippen molar-refractivity contribution < 1.29 is 22.8 Å². The van der Waals surface area contributed by atoms with E-state index in [4.69, 9.17) is 0 Å². The van der Waals surface area contributed by atoms with E-state index in [9.17, 15) is 22.8 Å². The second-order valence-corrected chi connectivity index (χ2v) is 8.93. The molecule has 3 amide bonds. The van der Waals surface area contributed by atoms with E-state index in [1.165, 1.54) is 38.4 Å². The van der Waals surface area contributed by atoms with Crippen LogP contribution in [-0.4, -0.2) is 56.0 Å². The van der Waals surface area contributed by atoms with Gasteiger partial charge >= 0.3 is 0 Å². The van der Waals surface area contributed by atoms with E-state index in [1.807, 2.05) is 12.2 Å². The van der Waals surface area contributed by atoms with Gasteiger partial charge in [-0.2, -0.15) is 0 Å². The van der Waals surface area contributed by atoms with Crippen LogP contribution in [0.15, 0.2) is 41.3 Å². The quantitative estimate of drug-likeness (QED) is 0.591. The Kier molecular flexibility index (Phi) is 5.16. The van der Waals surface area contributed by atoms with Crippen LogP contribution in [0, 0.1) is 11.8 Å². The van der Waals surface area contributed by atoms with Gasteiger partial charge in [0.25, 0.3) is 0 Å². The first-order chi connectivity index (χ1) is 12.7. The van der Waals surface area contributed by atoms with E-state index in [0.717, 1.165) is 9.21 Å². The Balaban J connectivity index is 1.65. The molecule has 0 aromatic heterocycles. The molecule has 1 saturated heterocycles. The van der Waals surface area contributed by atoms with E-state index in [2.05, 4.69) is 5.32 Å². The summed E-state index contributed by atoms with van der Waals surface area (Å²) < 4.78 is 25.2. The molecule has 1 N–H and O–H groups in total. The summed E-state index contributed by atoms with van der Waals surface area (Å²) in [5, 5.41) is 2.59. The van der Waals surface area contributed by atoms with Crippen molar-refractivity contribution >= 4 is 33.4 Å². The van der Waals surface area contributed by atoms with Crippen LogP contribution in [0.3, 0.4) is 0 Å². The topological polar surface area (TPSA) is 104 Å². The number of imide groups is 1. The Bertz CT molecular complexity index is 879. The normalized spacial score (nSPS) is 22.3. The maximum atomic E-state index is 12.4. The van der Waals surface area contributed by atoms with Crippen LogP contribution in [0.2, 0.25) is 0 Å². The van der Waals surface area contributed by atoms with E-state index < -0.39 is 15.9 Å². The number of hydrogen-bond acceptors (Lipinski definition) is 5. The number of hydrogen-bond donors (Lipinski definition) is 1. The molecule has 0 spiro atoms. The van der Waals surface area contributed by atoms with Crippen molar-refractivity contribution in [3.63, 3.8) is 0 Å². The number of likely N-dealkylation sites (tertiary alicyclic amines) is 1. The van der Waals surface area contributed by atoms with Gasteiger partial charge in [0.2, 0.25) is 27.7 Å². The lowest BCUT2D eigenvalue weighted by Crippen LogP contribution is -2.38. The van der Waals surface area contributed by atoms with Gasteiger partial charge in [-0.25, -0.2) is 12.7 Å². The fourth-order valence-corrected chi connectivity index (χ4v) is 4.19. The van der Waals surface area contributed by atoms with Gasteiger partial charge in [0.05, 0.1) is 16.7 Å². The monoisotopic (exact) mass is 391 g/mol. The van der Waals surface area contributed by atoms with Gasteiger partial charge in [-0.3, -0.25) is 19.3 Å². The van der Waals surface area contributed by atoms with Crippen LogP contribution in [0.25, 0.3) is 0 Å². The first-order valence-electron chi connectivity index (χ1n) is 8.54. The third kappa shape index (κ3) is 3.65. The number of carbonyl (C=O) groups is 3. The zero-order valence-electron chi connectivity index (χ0n) is 15.1. The molecule has 1 fully saturated rings. The summed E-state index contributed by atoms with van der Waals surface area (Å²) >= 11 is 0. The van der Waals surface area contributed by atoms with Crippen LogP contribution in [-0.2, 0) is 24.4 Å². The lowest BCUT2D eigenvalue weighted by atomic mass is 9.85. The second-order valence-electron chi connectivity index (χ2n) is 6.78. The maximum absolute atomic E-state index is 12.4. The molecular formula is C18H21N3O5S. The average Bonchev–Trinajstić information content (AvgIpc) is 2.87. The summed E-state index contributed by atoms with van der Waals surface area (Å²) in [6, 6.07) is 5.70. The highest BCUT2D eigenvalue weighted by Gasteiger charge is 2.47. The van der Waals surface area contributed by atoms with E-state index >= 15 is 0 Å².